The van der Waals surface area contributed by atoms with Crippen molar-refractivity contribution in [1.29, 1.82) is 0 Å². The average Bonchev–Trinajstić information content (AvgIpc) is 2.35. The van der Waals surface area contributed by atoms with Crippen molar-refractivity contribution in [1.82, 2.24) is 0 Å². The lowest BCUT2D eigenvalue weighted by molar-refractivity contribution is 0.0661. The number of rotatable bonds is 4. The van der Waals surface area contributed by atoms with Crippen LogP contribution in [0.5, 0.6) is 5.75 Å². The van der Waals surface area contributed by atoms with Gasteiger partial charge in [-0.3, -0.25) is 0 Å². The summed E-state index contributed by atoms with van der Waals surface area (Å²) in [5, 5.41) is 0. The fraction of sp³-hybridized carbons (Fsp3) is 0.154. The largest absolute Gasteiger partial charge is 0.497 e. The summed E-state index contributed by atoms with van der Waals surface area (Å²) in [4.78, 5) is 11.5. The molecule has 0 fully saturated rings. The summed E-state index contributed by atoms with van der Waals surface area (Å²) in [5.74, 6) is 0.304. The summed E-state index contributed by atoms with van der Waals surface area (Å²) in [6.45, 7) is 5.36. The highest BCUT2D eigenvalue weighted by molar-refractivity contribution is 5.89. The van der Waals surface area contributed by atoms with Crippen molar-refractivity contribution >= 4 is 5.97 Å². The summed E-state index contributed by atoms with van der Waals surface area (Å²) in [7, 11) is 1.57. The van der Waals surface area contributed by atoms with Crippen LogP contribution in [0.1, 0.15) is 17.3 Å². The fourth-order valence-electron chi connectivity index (χ4n) is 0.990. The third-order valence-corrected chi connectivity index (χ3v) is 2.00. The molecule has 0 saturated carbocycles. The third kappa shape index (κ3) is 3.28. The molecule has 0 radical (unpaired) electrons. The van der Waals surface area contributed by atoms with E-state index in [1.807, 2.05) is 0 Å². The molecule has 84 valence electrons. The zero-order chi connectivity index (χ0) is 12.0. The molecule has 0 aromatic heterocycles. The molecule has 3 nitrogen and oxygen atoms in total. The van der Waals surface area contributed by atoms with Gasteiger partial charge in [-0.1, -0.05) is 12.7 Å². The summed E-state index contributed by atoms with van der Waals surface area (Å²) >= 11 is 0. The molecule has 0 aliphatic heterocycles. The van der Waals surface area contributed by atoms with Gasteiger partial charge in [-0.15, -0.1) is 0 Å². The Bertz CT molecular complexity index is 402. The molecule has 1 aromatic rings. The van der Waals surface area contributed by atoms with Crippen LogP contribution in [0.25, 0.3) is 0 Å². The Labute approximate surface area is 95.0 Å². The number of methoxy groups -OCH3 is 1. The van der Waals surface area contributed by atoms with Crippen LogP contribution in [0.15, 0.2) is 48.8 Å². The molecule has 0 amide bonds. The molecule has 0 atom stereocenters. The van der Waals surface area contributed by atoms with E-state index in [4.69, 9.17) is 9.47 Å². The van der Waals surface area contributed by atoms with Crippen molar-refractivity contribution in [3.05, 3.63) is 54.3 Å². The number of allylic oxidation sites excluding steroid dienone is 2. The van der Waals surface area contributed by atoms with E-state index in [1.165, 1.54) is 6.26 Å². The molecule has 0 aliphatic rings. The fourth-order valence-corrected chi connectivity index (χ4v) is 0.990. The van der Waals surface area contributed by atoms with Crippen molar-refractivity contribution in [2.45, 2.75) is 6.92 Å². The lowest BCUT2D eigenvalue weighted by Gasteiger charge is -2.02. The lowest BCUT2D eigenvalue weighted by atomic mass is 10.2. The van der Waals surface area contributed by atoms with Crippen molar-refractivity contribution < 1.29 is 14.3 Å². The minimum atomic E-state index is -0.399. The van der Waals surface area contributed by atoms with Crippen LogP contribution in [0.3, 0.4) is 0 Å². The minimum Gasteiger partial charge on any atom is -0.497 e. The summed E-state index contributed by atoms with van der Waals surface area (Å²) < 4.78 is 9.93. The van der Waals surface area contributed by atoms with Gasteiger partial charge in [-0.2, -0.15) is 0 Å². The van der Waals surface area contributed by atoms with E-state index in [2.05, 4.69) is 6.58 Å². The van der Waals surface area contributed by atoms with E-state index in [0.717, 1.165) is 5.57 Å². The van der Waals surface area contributed by atoms with Gasteiger partial charge in [-0.05, 0) is 36.8 Å². The van der Waals surface area contributed by atoms with Gasteiger partial charge in [0.15, 0.2) is 0 Å². The van der Waals surface area contributed by atoms with Crippen LogP contribution in [-0.2, 0) is 4.74 Å². The zero-order valence-corrected chi connectivity index (χ0v) is 9.40. The normalized spacial score (nSPS) is 10.8. The Morgan fingerprint density at radius 3 is 2.44 bits per heavy atom. The van der Waals surface area contributed by atoms with E-state index in [-0.39, 0.29) is 0 Å². The second-order valence-corrected chi connectivity index (χ2v) is 3.20. The second kappa shape index (κ2) is 5.75. The van der Waals surface area contributed by atoms with Crippen molar-refractivity contribution in [3.8, 4) is 5.75 Å². The van der Waals surface area contributed by atoms with Crippen LogP contribution < -0.4 is 4.74 Å². The van der Waals surface area contributed by atoms with Crippen molar-refractivity contribution in [3.63, 3.8) is 0 Å². The Morgan fingerprint density at radius 1 is 1.31 bits per heavy atom. The maximum atomic E-state index is 11.5. The molecule has 0 bridgehead atoms. The first kappa shape index (κ1) is 12.0. The van der Waals surface area contributed by atoms with Crippen LogP contribution in [0.2, 0.25) is 0 Å². The number of carbonyl (C=O) groups is 1. The van der Waals surface area contributed by atoms with Gasteiger partial charge >= 0.3 is 5.97 Å². The molecule has 0 heterocycles. The van der Waals surface area contributed by atoms with Gasteiger partial charge in [0.05, 0.1) is 18.9 Å². The van der Waals surface area contributed by atoms with Crippen LogP contribution >= 0.6 is 0 Å². The highest BCUT2D eigenvalue weighted by Crippen LogP contribution is 2.12. The summed E-state index contributed by atoms with van der Waals surface area (Å²) in [5.41, 5.74) is 1.27. The topological polar surface area (TPSA) is 35.5 Å². The van der Waals surface area contributed by atoms with Crippen LogP contribution in [0.4, 0.5) is 0 Å². The quantitative estimate of drug-likeness (QED) is 0.443. The van der Waals surface area contributed by atoms with Crippen molar-refractivity contribution in [2.24, 2.45) is 0 Å². The predicted octanol–water partition coefficient (Wildman–Crippen LogP) is 2.94. The first-order valence-electron chi connectivity index (χ1n) is 4.81. The highest BCUT2D eigenvalue weighted by atomic mass is 16.5. The molecule has 0 N–H and O–H groups in total. The maximum absolute atomic E-state index is 11.5. The number of hydrogen-bond donors (Lipinski definition) is 0. The number of carbonyl (C=O) groups excluding carboxylic acids is 1. The van der Waals surface area contributed by atoms with Crippen molar-refractivity contribution in [2.75, 3.05) is 7.11 Å². The Hall–Kier alpha value is -2.03. The number of ether oxygens (including phenoxy) is 2. The Morgan fingerprint density at radius 2 is 1.94 bits per heavy atom. The minimum absolute atomic E-state index is 0.399. The maximum Gasteiger partial charge on any atom is 0.342 e. The zero-order valence-electron chi connectivity index (χ0n) is 9.40. The number of esters is 1. The molecule has 1 rings (SSSR count). The van der Waals surface area contributed by atoms with Gasteiger partial charge in [-0.25, -0.2) is 4.79 Å². The van der Waals surface area contributed by atoms with E-state index in [1.54, 1.807) is 44.4 Å². The number of benzene rings is 1. The predicted molar refractivity (Wildman–Crippen MR) is 62.4 cm³/mol. The molecule has 16 heavy (non-hydrogen) atoms. The monoisotopic (exact) mass is 218 g/mol. The second-order valence-electron chi connectivity index (χ2n) is 3.20. The molecule has 3 heteroatoms. The standard InChI is InChI=1S/C13H14O3/c1-4-10(2)9-16-13(14)11-5-7-12(15-3)8-6-11/h4-9H,1H2,2-3H3/b10-9-. The van der Waals surface area contributed by atoms with Gasteiger partial charge in [0.25, 0.3) is 0 Å². The number of hydrogen-bond acceptors (Lipinski definition) is 3. The molecule has 0 unspecified atom stereocenters. The molecular weight excluding hydrogens is 204 g/mol. The van der Waals surface area contributed by atoms with Gasteiger partial charge < -0.3 is 9.47 Å². The molecular formula is C13H14O3. The Kier molecular flexibility index (Phi) is 4.33. The third-order valence-electron chi connectivity index (χ3n) is 2.00. The van der Waals surface area contributed by atoms with E-state index in [0.29, 0.717) is 11.3 Å². The first-order valence-corrected chi connectivity index (χ1v) is 4.81. The molecule has 0 aliphatic carbocycles. The molecule has 1 aromatic carbocycles. The first-order chi connectivity index (χ1) is 7.67. The summed E-state index contributed by atoms with van der Waals surface area (Å²) in [6.07, 6.45) is 2.99. The van der Waals surface area contributed by atoms with E-state index < -0.39 is 5.97 Å². The Balaban J connectivity index is 2.69. The van der Waals surface area contributed by atoms with E-state index in [9.17, 15) is 4.79 Å². The van der Waals surface area contributed by atoms with Crippen LogP contribution in [0, 0.1) is 0 Å². The highest BCUT2D eigenvalue weighted by Gasteiger charge is 2.05. The van der Waals surface area contributed by atoms with Gasteiger partial charge in [0.2, 0.25) is 0 Å². The summed E-state index contributed by atoms with van der Waals surface area (Å²) in [6, 6.07) is 6.72. The lowest BCUT2D eigenvalue weighted by Crippen LogP contribution is -2.00. The average molecular weight is 218 g/mol. The SMILES string of the molecule is C=C/C(C)=C\OC(=O)c1ccc(OC)cc1. The van der Waals surface area contributed by atoms with Crippen LogP contribution in [-0.4, -0.2) is 13.1 Å². The molecule has 0 saturated heterocycles. The molecule has 0 spiro atoms. The van der Waals surface area contributed by atoms with Gasteiger partial charge in [0, 0.05) is 0 Å². The smallest absolute Gasteiger partial charge is 0.342 e. The van der Waals surface area contributed by atoms with Gasteiger partial charge in [0.1, 0.15) is 5.75 Å². The van der Waals surface area contributed by atoms with E-state index >= 15 is 0 Å².